The summed E-state index contributed by atoms with van der Waals surface area (Å²) < 4.78 is 5.21. The van der Waals surface area contributed by atoms with E-state index < -0.39 is 6.04 Å². The summed E-state index contributed by atoms with van der Waals surface area (Å²) in [6, 6.07) is 4.70. The molecule has 1 atom stereocenters. The van der Waals surface area contributed by atoms with Gasteiger partial charge in [-0.05, 0) is 25.5 Å². The maximum atomic E-state index is 12.3. The summed E-state index contributed by atoms with van der Waals surface area (Å²) in [4.78, 5) is 26.3. The lowest BCUT2D eigenvalue weighted by Gasteiger charge is -2.29. The molecule has 1 aliphatic heterocycles. The number of nitrogen functional groups attached to an aromatic ring is 1. The largest absolute Gasteiger partial charge is 0.398 e. The highest BCUT2D eigenvalue weighted by Gasteiger charge is 2.24. The second kappa shape index (κ2) is 6.58. The van der Waals surface area contributed by atoms with Gasteiger partial charge in [0.25, 0.3) is 5.91 Å². The monoisotopic (exact) mass is 291 g/mol. The van der Waals surface area contributed by atoms with Gasteiger partial charge in [0.1, 0.15) is 6.04 Å². The molecule has 1 heterocycles. The number of aryl methyl sites for hydroxylation is 1. The van der Waals surface area contributed by atoms with Crippen LogP contribution < -0.4 is 11.1 Å². The molecule has 0 aliphatic carbocycles. The van der Waals surface area contributed by atoms with Crippen molar-refractivity contribution in [3.8, 4) is 0 Å². The molecule has 1 aromatic carbocycles. The minimum absolute atomic E-state index is 0.0983. The van der Waals surface area contributed by atoms with E-state index >= 15 is 0 Å². The molecule has 1 fully saturated rings. The molecule has 0 radical (unpaired) electrons. The molecule has 2 amide bonds. The Kier molecular flexibility index (Phi) is 4.80. The van der Waals surface area contributed by atoms with Crippen LogP contribution in [-0.4, -0.2) is 49.1 Å². The number of hydrogen-bond acceptors (Lipinski definition) is 4. The maximum absolute atomic E-state index is 12.3. The van der Waals surface area contributed by atoms with Crippen LogP contribution >= 0.6 is 0 Å². The first kappa shape index (κ1) is 15.3. The molecular weight excluding hydrogens is 270 g/mol. The van der Waals surface area contributed by atoms with Crippen LogP contribution in [0.5, 0.6) is 0 Å². The van der Waals surface area contributed by atoms with Crippen LogP contribution in [0.1, 0.15) is 22.8 Å². The number of ether oxygens (including phenoxy) is 1. The fraction of sp³-hybridized carbons (Fsp3) is 0.467. The van der Waals surface area contributed by atoms with Crippen LogP contribution in [0.15, 0.2) is 18.2 Å². The first-order valence-electron chi connectivity index (χ1n) is 7.03. The molecule has 1 saturated heterocycles. The molecular formula is C15H21N3O3. The van der Waals surface area contributed by atoms with Crippen molar-refractivity contribution in [2.45, 2.75) is 19.9 Å². The number of rotatable bonds is 3. The maximum Gasteiger partial charge on any atom is 0.254 e. The van der Waals surface area contributed by atoms with Gasteiger partial charge in [0.2, 0.25) is 5.91 Å². The van der Waals surface area contributed by atoms with Crippen molar-refractivity contribution in [1.29, 1.82) is 0 Å². The lowest BCUT2D eigenvalue weighted by atomic mass is 10.1. The molecule has 21 heavy (non-hydrogen) atoms. The third kappa shape index (κ3) is 3.52. The molecule has 1 unspecified atom stereocenters. The van der Waals surface area contributed by atoms with E-state index in [0.29, 0.717) is 37.6 Å². The van der Waals surface area contributed by atoms with Crippen molar-refractivity contribution in [3.63, 3.8) is 0 Å². The van der Waals surface area contributed by atoms with E-state index in [1.54, 1.807) is 24.0 Å². The number of nitrogens with zero attached hydrogens (tertiary/aromatic N) is 1. The normalized spacial score (nSPS) is 16.4. The molecule has 0 aromatic heterocycles. The summed E-state index contributed by atoms with van der Waals surface area (Å²) in [5, 5.41) is 2.72. The topological polar surface area (TPSA) is 84.7 Å². The zero-order chi connectivity index (χ0) is 15.4. The summed E-state index contributed by atoms with van der Waals surface area (Å²) >= 11 is 0. The van der Waals surface area contributed by atoms with Crippen LogP contribution in [0.25, 0.3) is 0 Å². The van der Waals surface area contributed by atoms with Crippen molar-refractivity contribution in [2.24, 2.45) is 0 Å². The van der Waals surface area contributed by atoms with Crippen LogP contribution in [0.4, 0.5) is 5.69 Å². The lowest BCUT2D eigenvalue weighted by Crippen LogP contribution is -2.50. The third-order valence-corrected chi connectivity index (χ3v) is 3.57. The summed E-state index contributed by atoms with van der Waals surface area (Å²) in [6.07, 6.45) is 0. The predicted octanol–water partition coefficient (Wildman–Crippen LogP) is 0.554. The van der Waals surface area contributed by atoms with Crippen molar-refractivity contribution in [3.05, 3.63) is 29.3 Å². The Labute approximate surface area is 124 Å². The first-order valence-corrected chi connectivity index (χ1v) is 7.03. The van der Waals surface area contributed by atoms with Crippen LogP contribution in [-0.2, 0) is 9.53 Å². The van der Waals surface area contributed by atoms with Gasteiger partial charge >= 0.3 is 0 Å². The average Bonchev–Trinajstić information content (AvgIpc) is 2.47. The average molecular weight is 291 g/mol. The Morgan fingerprint density at radius 2 is 2.00 bits per heavy atom. The van der Waals surface area contributed by atoms with E-state index in [-0.39, 0.29) is 11.8 Å². The standard InChI is InChI=1S/C15H21N3O3/c1-10-4-3-5-12(16)13(10)14(19)17-11(2)15(20)18-6-8-21-9-7-18/h3-5,11H,6-9,16H2,1-2H3,(H,17,19). The third-order valence-electron chi connectivity index (χ3n) is 3.57. The van der Waals surface area contributed by atoms with Gasteiger partial charge < -0.3 is 20.7 Å². The first-order chi connectivity index (χ1) is 10.0. The number of carbonyl (C=O) groups is 2. The molecule has 6 heteroatoms. The summed E-state index contributed by atoms with van der Waals surface area (Å²) in [6.45, 7) is 5.70. The van der Waals surface area contributed by atoms with Crippen molar-refractivity contribution in [2.75, 3.05) is 32.0 Å². The van der Waals surface area contributed by atoms with E-state index in [1.807, 2.05) is 13.0 Å². The molecule has 0 bridgehead atoms. The number of carbonyl (C=O) groups excluding carboxylic acids is 2. The number of benzene rings is 1. The fourth-order valence-corrected chi connectivity index (χ4v) is 2.39. The van der Waals surface area contributed by atoms with Gasteiger partial charge in [0, 0.05) is 18.8 Å². The van der Waals surface area contributed by atoms with E-state index in [0.717, 1.165) is 5.56 Å². The van der Waals surface area contributed by atoms with Crippen molar-refractivity contribution in [1.82, 2.24) is 10.2 Å². The predicted molar refractivity (Wildman–Crippen MR) is 79.9 cm³/mol. The van der Waals surface area contributed by atoms with Gasteiger partial charge in [-0.25, -0.2) is 0 Å². The van der Waals surface area contributed by atoms with Gasteiger partial charge in [-0.15, -0.1) is 0 Å². The number of amides is 2. The highest BCUT2D eigenvalue weighted by Crippen LogP contribution is 2.16. The second-order valence-corrected chi connectivity index (χ2v) is 5.17. The van der Waals surface area contributed by atoms with Gasteiger partial charge in [-0.3, -0.25) is 9.59 Å². The fourth-order valence-electron chi connectivity index (χ4n) is 2.39. The van der Waals surface area contributed by atoms with E-state index in [2.05, 4.69) is 5.32 Å². The minimum Gasteiger partial charge on any atom is -0.398 e. The van der Waals surface area contributed by atoms with Crippen molar-refractivity contribution >= 4 is 17.5 Å². The highest BCUT2D eigenvalue weighted by molar-refractivity contribution is 6.02. The number of nitrogens with one attached hydrogen (secondary N) is 1. The SMILES string of the molecule is Cc1cccc(N)c1C(=O)NC(C)C(=O)N1CCOCC1. The lowest BCUT2D eigenvalue weighted by molar-refractivity contribution is -0.136. The second-order valence-electron chi connectivity index (χ2n) is 5.17. The molecule has 114 valence electrons. The number of nitrogens with two attached hydrogens (primary N) is 1. The summed E-state index contributed by atoms with van der Waals surface area (Å²) in [5.41, 5.74) is 7.48. The van der Waals surface area contributed by atoms with Crippen molar-refractivity contribution < 1.29 is 14.3 Å². The Hall–Kier alpha value is -2.08. The molecule has 3 N–H and O–H groups in total. The quantitative estimate of drug-likeness (QED) is 0.797. The van der Waals surface area contributed by atoms with E-state index in [9.17, 15) is 9.59 Å². The molecule has 6 nitrogen and oxygen atoms in total. The van der Waals surface area contributed by atoms with E-state index in [4.69, 9.17) is 10.5 Å². The highest BCUT2D eigenvalue weighted by atomic mass is 16.5. The summed E-state index contributed by atoms with van der Waals surface area (Å²) in [7, 11) is 0. The Morgan fingerprint density at radius 1 is 1.33 bits per heavy atom. The molecule has 2 rings (SSSR count). The van der Waals surface area contributed by atoms with Gasteiger partial charge in [-0.2, -0.15) is 0 Å². The minimum atomic E-state index is -0.588. The molecule has 0 saturated carbocycles. The Bertz CT molecular complexity index is 519. The number of morpholine rings is 1. The molecule has 0 spiro atoms. The Balaban J connectivity index is 2.03. The van der Waals surface area contributed by atoms with Gasteiger partial charge in [0.15, 0.2) is 0 Å². The zero-order valence-corrected chi connectivity index (χ0v) is 12.4. The number of hydrogen-bond donors (Lipinski definition) is 2. The summed E-state index contributed by atoms with van der Waals surface area (Å²) in [5.74, 6) is -0.418. The van der Waals surface area contributed by atoms with Gasteiger partial charge in [0.05, 0.1) is 18.8 Å². The van der Waals surface area contributed by atoms with Gasteiger partial charge in [-0.1, -0.05) is 12.1 Å². The zero-order valence-electron chi connectivity index (χ0n) is 12.4. The molecule has 1 aliphatic rings. The van der Waals surface area contributed by atoms with Crippen LogP contribution in [0.2, 0.25) is 0 Å². The Morgan fingerprint density at radius 3 is 2.62 bits per heavy atom. The van der Waals surface area contributed by atoms with Crippen LogP contribution in [0.3, 0.4) is 0 Å². The number of anilines is 1. The van der Waals surface area contributed by atoms with E-state index in [1.165, 1.54) is 0 Å². The molecule has 1 aromatic rings. The smallest absolute Gasteiger partial charge is 0.254 e. The van der Waals surface area contributed by atoms with Crippen LogP contribution in [0, 0.1) is 6.92 Å².